The van der Waals surface area contributed by atoms with Crippen LogP contribution in [-0.2, 0) is 6.42 Å². The van der Waals surface area contributed by atoms with Gasteiger partial charge in [-0.15, -0.1) is 0 Å². The Kier molecular flexibility index (Phi) is 3.87. The van der Waals surface area contributed by atoms with Crippen LogP contribution in [0.4, 0.5) is 4.39 Å². The van der Waals surface area contributed by atoms with Crippen molar-refractivity contribution in [1.82, 2.24) is 9.55 Å². The summed E-state index contributed by atoms with van der Waals surface area (Å²) in [4.78, 5) is 4.49. The average molecular weight is 277 g/mol. The summed E-state index contributed by atoms with van der Waals surface area (Å²) in [7, 11) is 0. The standard InChI is InChI=1S/C16H24FN3/c1-10(2)20-12-8-6-7-11(17)15(12)19-14(20)9-13(18)16(3,4)5/h6-8,10,13H,9,18H2,1-5H3. The molecule has 0 radical (unpaired) electrons. The number of hydrogen-bond donors (Lipinski definition) is 1. The largest absolute Gasteiger partial charge is 0.327 e. The van der Waals surface area contributed by atoms with Crippen molar-refractivity contribution in [3.05, 3.63) is 29.8 Å². The van der Waals surface area contributed by atoms with Gasteiger partial charge in [0, 0.05) is 18.5 Å². The van der Waals surface area contributed by atoms with Gasteiger partial charge in [0.15, 0.2) is 5.82 Å². The second-order valence-electron chi connectivity index (χ2n) is 6.78. The molecule has 2 N–H and O–H groups in total. The van der Waals surface area contributed by atoms with E-state index >= 15 is 0 Å². The quantitative estimate of drug-likeness (QED) is 0.930. The average Bonchev–Trinajstić information content (AvgIpc) is 2.67. The number of para-hydroxylation sites is 1. The molecule has 20 heavy (non-hydrogen) atoms. The van der Waals surface area contributed by atoms with Crippen LogP contribution in [0.5, 0.6) is 0 Å². The van der Waals surface area contributed by atoms with Crippen LogP contribution in [0.3, 0.4) is 0 Å². The van der Waals surface area contributed by atoms with Gasteiger partial charge in [-0.05, 0) is 31.4 Å². The molecule has 1 atom stereocenters. The second-order valence-corrected chi connectivity index (χ2v) is 6.78. The summed E-state index contributed by atoms with van der Waals surface area (Å²) in [6.45, 7) is 10.5. The zero-order valence-corrected chi connectivity index (χ0v) is 12.9. The molecular formula is C16H24FN3. The lowest BCUT2D eigenvalue weighted by molar-refractivity contribution is 0.311. The van der Waals surface area contributed by atoms with E-state index in [1.807, 2.05) is 6.07 Å². The molecule has 0 aliphatic rings. The predicted octanol–water partition coefficient (Wildman–Crippen LogP) is 3.67. The van der Waals surface area contributed by atoms with Gasteiger partial charge in [-0.3, -0.25) is 0 Å². The maximum atomic E-state index is 13.9. The SMILES string of the molecule is CC(C)n1c(CC(N)C(C)(C)C)nc2c(F)cccc21. The Bertz CT molecular complexity index is 608. The van der Waals surface area contributed by atoms with Crippen molar-refractivity contribution in [3.63, 3.8) is 0 Å². The van der Waals surface area contributed by atoms with Gasteiger partial charge in [0.2, 0.25) is 0 Å². The van der Waals surface area contributed by atoms with Crippen molar-refractivity contribution < 1.29 is 4.39 Å². The first-order valence-corrected chi connectivity index (χ1v) is 7.12. The van der Waals surface area contributed by atoms with E-state index in [-0.39, 0.29) is 23.3 Å². The molecule has 0 aliphatic heterocycles. The van der Waals surface area contributed by atoms with Gasteiger partial charge in [-0.25, -0.2) is 9.37 Å². The maximum Gasteiger partial charge on any atom is 0.151 e. The van der Waals surface area contributed by atoms with Crippen LogP contribution >= 0.6 is 0 Å². The number of benzene rings is 1. The van der Waals surface area contributed by atoms with E-state index in [0.717, 1.165) is 11.3 Å². The molecular weight excluding hydrogens is 253 g/mol. The smallest absolute Gasteiger partial charge is 0.151 e. The zero-order valence-electron chi connectivity index (χ0n) is 12.9. The summed E-state index contributed by atoms with van der Waals surface area (Å²) in [5, 5.41) is 0. The summed E-state index contributed by atoms with van der Waals surface area (Å²) < 4.78 is 16.0. The van der Waals surface area contributed by atoms with Crippen LogP contribution in [-0.4, -0.2) is 15.6 Å². The van der Waals surface area contributed by atoms with Crippen LogP contribution in [0.25, 0.3) is 11.0 Å². The van der Waals surface area contributed by atoms with Gasteiger partial charge >= 0.3 is 0 Å². The monoisotopic (exact) mass is 277 g/mol. The van der Waals surface area contributed by atoms with Gasteiger partial charge < -0.3 is 10.3 Å². The van der Waals surface area contributed by atoms with E-state index in [2.05, 4.69) is 44.2 Å². The molecule has 110 valence electrons. The van der Waals surface area contributed by atoms with Gasteiger partial charge in [0.1, 0.15) is 11.3 Å². The highest BCUT2D eigenvalue weighted by Crippen LogP contribution is 2.26. The lowest BCUT2D eigenvalue weighted by Crippen LogP contribution is -2.37. The first-order valence-electron chi connectivity index (χ1n) is 7.12. The van der Waals surface area contributed by atoms with Crippen LogP contribution in [0.15, 0.2) is 18.2 Å². The molecule has 1 heterocycles. The lowest BCUT2D eigenvalue weighted by atomic mass is 9.85. The van der Waals surface area contributed by atoms with Crippen LogP contribution in [0.2, 0.25) is 0 Å². The van der Waals surface area contributed by atoms with Crippen molar-refractivity contribution in [1.29, 1.82) is 0 Å². The molecule has 1 aromatic heterocycles. The minimum atomic E-state index is -0.271. The van der Waals surface area contributed by atoms with E-state index in [9.17, 15) is 4.39 Å². The minimum absolute atomic E-state index is 0.00150. The summed E-state index contributed by atoms with van der Waals surface area (Å²) in [5.41, 5.74) is 7.55. The normalized spacial score (nSPS) is 14.2. The number of rotatable bonds is 3. The topological polar surface area (TPSA) is 43.8 Å². The highest BCUT2D eigenvalue weighted by atomic mass is 19.1. The van der Waals surface area contributed by atoms with Crippen molar-refractivity contribution in [2.75, 3.05) is 0 Å². The van der Waals surface area contributed by atoms with Crippen LogP contribution < -0.4 is 5.73 Å². The van der Waals surface area contributed by atoms with Crippen molar-refractivity contribution in [2.24, 2.45) is 11.1 Å². The van der Waals surface area contributed by atoms with Crippen molar-refractivity contribution in [2.45, 2.75) is 53.1 Å². The summed E-state index contributed by atoms with van der Waals surface area (Å²) >= 11 is 0. The van der Waals surface area contributed by atoms with Gasteiger partial charge in [0.05, 0.1) is 5.52 Å². The predicted molar refractivity (Wildman–Crippen MR) is 81.2 cm³/mol. The zero-order chi connectivity index (χ0) is 15.1. The third kappa shape index (κ3) is 2.70. The number of fused-ring (bicyclic) bond motifs is 1. The molecule has 0 saturated heterocycles. The number of nitrogens with zero attached hydrogens (tertiary/aromatic N) is 2. The molecule has 4 heteroatoms. The van der Waals surface area contributed by atoms with E-state index in [1.165, 1.54) is 6.07 Å². The van der Waals surface area contributed by atoms with Crippen LogP contribution in [0, 0.1) is 11.2 Å². The Morgan fingerprint density at radius 3 is 2.50 bits per heavy atom. The molecule has 3 nitrogen and oxygen atoms in total. The number of aromatic nitrogens is 2. The van der Waals surface area contributed by atoms with Crippen molar-refractivity contribution in [3.8, 4) is 0 Å². The number of hydrogen-bond acceptors (Lipinski definition) is 2. The third-order valence-electron chi connectivity index (χ3n) is 3.78. The Morgan fingerprint density at radius 2 is 1.95 bits per heavy atom. The van der Waals surface area contributed by atoms with Gasteiger partial charge in [-0.2, -0.15) is 0 Å². The molecule has 0 bridgehead atoms. The van der Waals surface area contributed by atoms with Gasteiger partial charge in [0.25, 0.3) is 0 Å². The molecule has 0 aliphatic carbocycles. The second kappa shape index (κ2) is 5.17. The van der Waals surface area contributed by atoms with E-state index in [1.54, 1.807) is 6.07 Å². The molecule has 0 saturated carbocycles. The molecule has 1 aromatic carbocycles. The van der Waals surface area contributed by atoms with E-state index < -0.39 is 0 Å². The fraction of sp³-hybridized carbons (Fsp3) is 0.562. The molecule has 2 rings (SSSR count). The molecule has 0 spiro atoms. The Morgan fingerprint density at radius 1 is 1.30 bits per heavy atom. The molecule has 0 fully saturated rings. The molecule has 1 unspecified atom stereocenters. The number of halogens is 1. The molecule has 2 aromatic rings. The molecule has 0 amide bonds. The summed E-state index contributed by atoms with van der Waals surface area (Å²) in [6.07, 6.45) is 0.649. The highest BCUT2D eigenvalue weighted by molar-refractivity contribution is 5.76. The fourth-order valence-electron chi connectivity index (χ4n) is 2.35. The fourth-order valence-corrected chi connectivity index (χ4v) is 2.35. The van der Waals surface area contributed by atoms with Crippen LogP contribution in [0.1, 0.15) is 46.5 Å². The van der Waals surface area contributed by atoms with Gasteiger partial charge in [-0.1, -0.05) is 26.8 Å². The summed E-state index contributed by atoms with van der Waals surface area (Å²) in [6, 6.07) is 5.31. The summed E-state index contributed by atoms with van der Waals surface area (Å²) in [5.74, 6) is 0.593. The first kappa shape index (κ1) is 15.0. The Hall–Kier alpha value is -1.42. The van der Waals surface area contributed by atoms with E-state index in [4.69, 9.17) is 5.73 Å². The Balaban J connectivity index is 2.53. The highest BCUT2D eigenvalue weighted by Gasteiger charge is 2.24. The van der Waals surface area contributed by atoms with E-state index in [0.29, 0.717) is 11.9 Å². The maximum absolute atomic E-state index is 13.9. The van der Waals surface area contributed by atoms with Crippen molar-refractivity contribution >= 4 is 11.0 Å². The number of imidazole rings is 1. The third-order valence-corrected chi connectivity index (χ3v) is 3.78. The Labute approximate surface area is 120 Å². The number of nitrogens with two attached hydrogens (primary N) is 1. The lowest BCUT2D eigenvalue weighted by Gasteiger charge is -2.27. The first-order chi connectivity index (χ1) is 9.21. The minimum Gasteiger partial charge on any atom is -0.327 e.